The number of methoxy groups -OCH3 is 1. The van der Waals surface area contributed by atoms with Gasteiger partial charge in [-0.2, -0.15) is 0 Å². The van der Waals surface area contributed by atoms with Crippen LogP contribution in [0, 0.1) is 0 Å². The summed E-state index contributed by atoms with van der Waals surface area (Å²) in [6, 6.07) is 3.47. The molecule has 0 radical (unpaired) electrons. The third-order valence-electron chi connectivity index (χ3n) is 1.93. The van der Waals surface area contributed by atoms with Crippen molar-refractivity contribution in [2.75, 3.05) is 13.7 Å². The number of rotatable bonds is 4. The van der Waals surface area contributed by atoms with Gasteiger partial charge in [0.2, 0.25) is 0 Å². The minimum absolute atomic E-state index is 0.153. The van der Waals surface area contributed by atoms with Crippen LogP contribution in [-0.4, -0.2) is 18.8 Å². The van der Waals surface area contributed by atoms with Crippen LogP contribution < -0.4 is 4.74 Å². The van der Waals surface area contributed by atoms with E-state index in [0.29, 0.717) is 22.2 Å². The minimum Gasteiger partial charge on any atom is -0.495 e. The lowest BCUT2D eigenvalue weighted by atomic mass is 10.1. The molecule has 4 heteroatoms. The van der Waals surface area contributed by atoms with Crippen LogP contribution in [0.2, 0.25) is 10.0 Å². The maximum absolute atomic E-state index is 8.69. The minimum atomic E-state index is 0.153. The van der Waals surface area contributed by atoms with Crippen molar-refractivity contribution >= 4 is 23.2 Å². The first-order valence-corrected chi connectivity index (χ1v) is 5.07. The second-order valence-corrected chi connectivity index (χ2v) is 3.72. The van der Waals surface area contributed by atoms with Gasteiger partial charge in [-0.3, -0.25) is 0 Å². The lowest BCUT2D eigenvalue weighted by Gasteiger charge is -2.08. The Morgan fingerprint density at radius 1 is 1.29 bits per heavy atom. The van der Waals surface area contributed by atoms with Gasteiger partial charge in [-0.05, 0) is 24.5 Å². The molecule has 1 rings (SSSR count). The number of aryl methyl sites for hydroxylation is 1. The first-order valence-electron chi connectivity index (χ1n) is 4.31. The molecule has 1 aromatic carbocycles. The molecule has 0 aliphatic carbocycles. The first kappa shape index (κ1) is 11.6. The van der Waals surface area contributed by atoms with E-state index < -0.39 is 0 Å². The molecule has 0 heterocycles. The monoisotopic (exact) mass is 234 g/mol. The van der Waals surface area contributed by atoms with E-state index in [-0.39, 0.29) is 6.61 Å². The molecule has 1 N–H and O–H groups in total. The van der Waals surface area contributed by atoms with Crippen LogP contribution >= 0.6 is 23.2 Å². The van der Waals surface area contributed by atoms with Gasteiger partial charge in [0, 0.05) is 17.7 Å². The molecule has 78 valence electrons. The second-order valence-electron chi connectivity index (χ2n) is 2.91. The lowest BCUT2D eigenvalue weighted by molar-refractivity contribution is 0.288. The van der Waals surface area contributed by atoms with Crippen molar-refractivity contribution in [3.05, 3.63) is 27.7 Å². The van der Waals surface area contributed by atoms with E-state index in [4.69, 9.17) is 33.0 Å². The summed E-state index contributed by atoms with van der Waals surface area (Å²) >= 11 is 11.9. The Kier molecular flexibility index (Phi) is 4.52. The molecular weight excluding hydrogens is 223 g/mol. The molecule has 14 heavy (non-hydrogen) atoms. The molecule has 0 aliphatic rings. The third kappa shape index (κ3) is 2.77. The van der Waals surface area contributed by atoms with Gasteiger partial charge in [0.25, 0.3) is 0 Å². The van der Waals surface area contributed by atoms with Gasteiger partial charge >= 0.3 is 0 Å². The Morgan fingerprint density at radius 2 is 2.00 bits per heavy atom. The van der Waals surface area contributed by atoms with Gasteiger partial charge in [-0.15, -0.1) is 0 Å². The number of aliphatic hydroxyl groups excluding tert-OH is 1. The van der Waals surface area contributed by atoms with E-state index in [2.05, 4.69) is 0 Å². The summed E-state index contributed by atoms with van der Waals surface area (Å²) in [5.74, 6) is 0.574. The molecule has 0 atom stereocenters. The maximum atomic E-state index is 8.69. The maximum Gasteiger partial charge on any atom is 0.138 e. The standard InChI is InChI=1S/C10H12Cl2O2/c1-14-10-6-8(11)7(3-2-4-13)5-9(10)12/h5-6,13H,2-4H2,1H3. The largest absolute Gasteiger partial charge is 0.495 e. The molecule has 0 aliphatic heterocycles. The third-order valence-corrected chi connectivity index (χ3v) is 2.57. The number of halogens is 2. The SMILES string of the molecule is COc1cc(Cl)c(CCCO)cc1Cl. The highest BCUT2D eigenvalue weighted by molar-refractivity contribution is 6.34. The molecule has 2 nitrogen and oxygen atoms in total. The fraction of sp³-hybridized carbons (Fsp3) is 0.400. The zero-order valence-electron chi connectivity index (χ0n) is 7.89. The Hall–Kier alpha value is -0.440. The van der Waals surface area contributed by atoms with E-state index in [1.54, 1.807) is 19.2 Å². The Balaban J connectivity index is 2.90. The summed E-state index contributed by atoms with van der Waals surface area (Å²) in [6.07, 6.45) is 1.40. The van der Waals surface area contributed by atoms with Crippen LogP contribution in [0.5, 0.6) is 5.75 Å². The van der Waals surface area contributed by atoms with Gasteiger partial charge in [0.15, 0.2) is 0 Å². The van der Waals surface area contributed by atoms with Crippen LogP contribution in [0.25, 0.3) is 0 Å². The second kappa shape index (κ2) is 5.44. The summed E-state index contributed by atoms with van der Waals surface area (Å²) in [5, 5.41) is 9.86. The van der Waals surface area contributed by atoms with Gasteiger partial charge in [0.05, 0.1) is 12.1 Å². The summed E-state index contributed by atoms with van der Waals surface area (Å²) in [4.78, 5) is 0. The fourth-order valence-electron chi connectivity index (χ4n) is 1.19. The predicted octanol–water partition coefficient (Wildman–Crippen LogP) is 2.93. The molecule has 1 aromatic rings. The fourth-order valence-corrected chi connectivity index (χ4v) is 1.70. The molecule has 0 amide bonds. The van der Waals surface area contributed by atoms with Gasteiger partial charge in [-0.25, -0.2) is 0 Å². The van der Waals surface area contributed by atoms with Crippen molar-refractivity contribution in [2.24, 2.45) is 0 Å². The molecule has 0 saturated heterocycles. The number of hydrogen-bond acceptors (Lipinski definition) is 2. The predicted molar refractivity (Wildman–Crippen MR) is 58.4 cm³/mol. The molecule has 0 unspecified atom stereocenters. The highest BCUT2D eigenvalue weighted by atomic mass is 35.5. The van der Waals surface area contributed by atoms with Crippen LogP contribution in [-0.2, 0) is 6.42 Å². The van der Waals surface area contributed by atoms with Crippen molar-refractivity contribution < 1.29 is 9.84 Å². The number of hydrogen-bond donors (Lipinski definition) is 1. The summed E-state index contributed by atoms with van der Waals surface area (Å²) in [7, 11) is 1.55. The Bertz CT molecular complexity index is 313. The van der Waals surface area contributed by atoms with E-state index in [1.165, 1.54) is 0 Å². The molecule has 0 bridgehead atoms. The van der Waals surface area contributed by atoms with Crippen molar-refractivity contribution in [3.8, 4) is 5.75 Å². The van der Waals surface area contributed by atoms with Crippen molar-refractivity contribution in [1.29, 1.82) is 0 Å². The topological polar surface area (TPSA) is 29.5 Å². The molecular formula is C10H12Cl2O2. The van der Waals surface area contributed by atoms with Crippen molar-refractivity contribution in [2.45, 2.75) is 12.8 Å². The zero-order valence-corrected chi connectivity index (χ0v) is 9.40. The number of aliphatic hydroxyl groups is 1. The molecule has 0 saturated carbocycles. The molecule has 0 aromatic heterocycles. The van der Waals surface area contributed by atoms with E-state index in [9.17, 15) is 0 Å². The van der Waals surface area contributed by atoms with Gasteiger partial charge in [0.1, 0.15) is 5.75 Å². The van der Waals surface area contributed by atoms with Crippen LogP contribution in [0.1, 0.15) is 12.0 Å². The number of ether oxygens (including phenoxy) is 1. The van der Waals surface area contributed by atoms with Crippen molar-refractivity contribution in [3.63, 3.8) is 0 Å². The van der Waals surface area contributed by atoms with Crippen molar-refractivity contribution in [1.82, 2.24) is 0 Å². The lowest BCUT2D eigenvalue weighted by Crippen LogP contribution is -1.92. The quantitative estimate of drug-likeness (QED) is 0.869. The highest BCUT2D eigenvalue weighted by Crippen LogP contribution is 2.31. The highest BCUT2D eigenvalue weighted by Gasteiger charge is 2.07. The van der Waals surface area contributed by atoms with Crippen LogP contribution in [0.15, 0.2) is 12.1 Å². The Labute approximate surface area is 93.4 Å². The van der Waals surface area contributed by atoms with Gasteiger partial charge < -0.3 is 9.84 Å². The normalized spacial score (nSPS) is 10.3. The van der Waals surface area contributed by atoms with Crippen LogP contribution in [0.4, 0.5) is 0 Å². The summed E-state index contributed by atoms with van der Waals surface area (Å²) in [6.45, 7) is 0.153. The molecule has 0 spiro atoms. The van der Waals surface area contributed by atoms with E-state index >= 15 is 0 Å². The smallest absolute Gasteiger partial charge is 0.138 e. The summed E-state index contributed by atoms with van der Waals surface area (Å²) < 4.78 is 5.02. The first-order chi connectivity index (χ1) is 6.69. The average molecular weight is 235 g/mol. The summed E-state index contributed by atoms with van der Waals surface area (Å²) in [5.41, 5.74) is 0.937. The van der Waals surface area contributed by atoms with E-state index in [0.717, 1.165) is 12.0 Å². The Morgan fingerprint density at radius 3 is 2.57 bits per heavy atom. The average Bonchev–Trinajstić information content (AvgIpc) is 2.18. The van der Waals surface area contributed by atoms with Gasteiger partial charge in [-0.1, -0.05) is 23.2 Å². The van der Waals surface area contributed by atoms with E-state index in [1.807, 2.05) is 0 Å². The molecule has 0 fully saturated rings. The van der Waals surface area contributed by atoms with Crippen LogP contribution in [0.3, 0.4) is 0 Å². The zero-order chi connectivity index (χ0) is 10.6. The number of benzene rings is 1.